The zero-order valence-corrected chi connectivity index (χ0v) is 10.8. The van der Waals surface area contributed by atoms with Crippen LogP contribution in [0, 0.1) is 26.1 Å². The molecule has 1 aromatic rings. The highest BCUT2D eigenvalue weighted by Gasteiger charge is 2.66. The molecule has 3 atom stereocenters. The van der Waals surface area contributed by atoms with Gasteiger partial charge in [0, 0.05) is 17.1 Å². The van der Waals surface area contributed by atoms with Gasteiger partial charge in [0.2, 0.25) is 6.04 Å². The van der Waals surface area contributed by atoms with Gasteiger partial charge in [0.15, 0.2) is 0 Å². The first-order chi connectivity index (χ1) is 9.88. The average molecular weight is 294 g/mol. The largest absolute Gasteiger partial charge is 0.463 e. The lowest BCUT2D eigenvalue weighted by Crippen LogP contribution is -2.21. The van der Waals surface area contributed by atoms with Crippen molar-refractivity contribution in [3.63, 3.8) is 0 Å². The number of carbonyl (C=O) groups is 2. The van der Waals surface area contributed by atoms with Crippen molar-refractivity contribution in [3.05, 3.63) is 50.1 Å². The zero-order valence-electron chi connectivity index (χ0n) is 10.8. The number of benzene rings is 1. The van der Waals surface area contributed by atoms with Crippen LogP contribution in [-0.2, 0) is 14.3 Å². The third kappa shape index (κ3) is 2.57. The van der Waals surface area contributed by atoms with E-state index in [0.29, 0.717) is 5.56 Å². The Kier molecular flexibility index (Phi) is 3.66. The molecule has 0 aromatic heterocycles. The number of Topliss-reactive ketones (excluding diaryl/α,β-unsaturated/α-hetero) is 1. The number of nitrogens with zero attached hydrogens (tertiary/aromatic N) is 2. The summed E-state index contributed by atoms with van der Waals surface area (Å²) in [5, 5.41) is 21.5. The molecular weight excluding hydrogens is 284 g/mol. The highest BCUT2D eigenvalue weighted by Crippen LogP contribution is 2.50. The van der Waals surface area contributed by atoms with E-state index in [1.165, 1.54) is 24.3 Å². The van der Waals surface area contributed by atoms with Gasteiger partial charge in [-0.2, -0.15) is 0 Å². The van der Waals surface area contributed by atoms with E-state index in [-0.39, 0.29) is 5.69 Å². The molecule has 1 fully saturated rings. The van der Waals surface area contributed by atoms with E-state index >= 15 is 0 Å². The summed E-state index contributed by atoms with van der Waals surface area (Å²) in [7, 11) is 1.02. The van der Waals surface area contributed by atoms with Gasteiger partial charge in [0.05, 0.1) is 18.0 Å². The van der Waals surface area contributed by atoms with Gasteiger partial charge >= 0.3 is 5.97 Å². The molecule has 0 unspecified atom stereocenters. The van der Waals surface area contributed by atoms with Gasteiger partial charge in [-0.25, -0.2) is 4.79 Å². The third-order valence-corrected chi connectivity index (χ3v) is 3.40. The van der Waals surface area contributed by atoms with E-state index in [1.54, 1.807) is 0 Å². The molecule has 0 aliphatic heterocycles. The normalized spacial score (nSPS) is 23.2. The quantitative estimate of drug-likeness (QED) is 0.338. The van der Waals surface area contributed by atoms with Crippen LogP contribution in [0.15, 0.2) is 24.3 Å². The molecule has 2 rings (SSSR count). The second kappa shape index (κ2) is 5.27. The van der Waals surface area contributed by atoms with Crippen LogP contribution in [0.1, 0.15) is 11.5 Å². The predicted molar refractivity (Wildman–Crippen MR) is 67.1 cm³/mol. The van der Waals surface area contributed by atoms with Crippen molar-refractivity contribution in [2.24, 2.45) is 5.92 Å². The van der Waals surface area contributed by atoms with Gasteiger partial charge in [0.1, 0.15) is 5.92 Å². The van der Waals surface area contributed by atoms with E-state index in [2.05, 4.69) is 4.74 Å². The number of nitro benzene ring substituents is 1. The fourth-order valence-electron chi connectivity index (χ4n) is 2.33. The molecule has 0 amide bonds. The maximum absolute atomic E-state index is 11.7. The molecule has 0 N–H and O–H groups in total. The highest BCUT2D eigenvalue weighted by atomic mass is 16.6. The Balaban J connectivity index is 2.25. The maximum atomic E-state index is 11.7. The van der Waals surface area contributed by atoms with Gasteiger partial charge < -0.3 is 4.74 Å². The van der Waals surface area contributed by atoms with Crippen LogP contribution in [0.3, 0.4) is 0 Å². The second-order valence-corrected chi connectivity index (χ2v) is 4.53. The molecule has 1 saturated carbocycles. The minimum absolute atomic E-state index is 0.159. The Labute approximate surface area is 117 Å². The lowest BCUT2D eigenvalue weighted by Gasteiger charge is -1.97. The number of rotatable bonds is 5. The average Bonchev–Trinajstić information content (AvgIpc) is 3.21. The van der Waals surface area contributed by atoms with Crippen LogP contribution in [0.5, 0.6) is 0 Å². The number of ether oxygens (including phenoxy) is 1. The van der Waals surface area contributed by atoms with Crippen LogP contribution >= 0.6 is 0 Å². The lowest BCUT2D eigenvalue weighted by molar-refractivity contribution is -0.498. The number of non-ortho nitro benzene ring substituents is 1. The monoisotopic (exact) mass is 294 g/mol. The van der Waals surface area contributed by atoms with Gasteiger partial charge in [-0.3, -0.25) is 25.0 Å². The molecule has 110 valence electrons. The SMILES string of the molecule is COC(=O)C(=O)[C@@H]1[C@H](c2ccc([N+](=O)[O-])cc2)[C@H]1[N+](=O)[O-]. The lowest BCUT2D eigenvalue weighted by atomic mass is 10.1. The van der Waals surface area contributed by atoms with Gasteiger partial charge in [-0.15, -0.1) is 0 Å². The third-order valence-electron chi connectivity index (χ3n) is 3.40. The van der Waals surface area contributed by atoms with Crippen molar-refractivity contribution in [3.8, 4) is 0 Å². The number of hydrogen-bond acceptors (Lipinski definition) is 7. The molecule has 9 nitrogen and oxygen atoms in total. The summed E-state index contributed by atoms with van der Waals surface area (Å²) in [6.45, 7) is 0. The smallest absolute Gasteiger partial charge is 0.374 e. The van der Waals surface area contributed by atoms with Crippen LogP contribution in [-0.4, -0.2) is 34.8 Å². The van der Waals surface area contributed by atoms with Crippen molar-refractivity contribution >= 4 is 17.4 Å². The standard InChI is InChI=1S/C12H10N2O7/c1-21-12(16)11(15)9-8(10(9)14(19)20)6-2-4-7(5-3-6)13(17)18/h2-5,8-10H,1H3/t8-,9+,10+/m0/s1. The summed E-state index contributed by atoms with van der Waals surface area (Å²) >= 11 is 0. The first-order valence-electron chi connectivity index (χ1n) is 5.88. The van der Waals surface area contributed by atoms with E-state index < -0.39 is 39.5 Å². The summed E-state index contributed by atoms with van der Waals surface area (Å²) in [6.07, 6.45) is 0. The number of hydrogen-bond donors (Lipinski definition) is 0. The summed E-state index contributed by atoms with van der Waals surface area (Å²) in [5.41, 5.74) is 0.248. The van der Waals surface area contributed by atoms with E-state index in [4.69, 9.17) is 0 Å². The number of carbonyl (C=O) groups excluding carboxylic acids is 2. The molecule has 0 saturated heterocycles. The van der Waals surface area contributed by atoms with Crippen molar-refractivity contribution in [1.82, 2.24) is 0 Å². The van der Waals surface area contributed by atoms with E-state index in [1.807, 2.05) is 0 Å². The minimum Gasteiger partial charge on any atom is -0.463 e. The molecule has 0 radical (unpaired) electrons. The Morgan fingerprint density at radius 3 is 2.14 bits per heavy atom. The second-order valence-electron chi connectivity index (χ2n) is 4.53. The Morgan fingerprint density at radius 1 is 1.14 bits per heavy atom. The minimum atomic E-state index is -1.21. The Morgan fingerprint density at radius 2 is 1.71 bits per heavy atom. The summed E-state index contributed by atoms with van der Waals surface area (Å²) < 4.78 is 4.28. The topological polar surface area (TPSA) is 130 Å². The van der Waals surface area contributed by atoms with Crippen molar-refractivity contribution in [1.29, 1.82) is 0 Å². The summed E-state index contributed by atoms with van der Waals surface area (Å²) in [5.74, 6) is -3.94. The van der Waals surface area contributed by atoms with Gasteiger partial charge in [-0.1, -0.05) is 12.1 Å². The zero-order chi connectivity index (χ0) is 15.7. The van der Waals surface area contributed by atoms with Crippen molar-refractivity contribution < 1.29 is 24.2 Å². The molecule has 9 heteroatoms. The fourth-order valence-corrected chi connectivity index (χ4v) is 2.33. The molecular formula is C12H10N2O7. The molecule has 21 heavy (non-hydrogen) atoms. The van der Waals surface area contributed by atoms with E-state index in [0.717, 1.165) is 7.11 Å². The van der Waals surface area contributed by atoms with Crippen LogP contribution < -0.4 is 0 Å². The van der Waals surface area contributed by atoms with Crippen LogP contribution in [0.2, 0.25) is 0 Å². The molecule has 0 heterocycles. The van der Waals surface area contributed by atoms with E-state index in [9.17, 15) is 29.8 Å². The number of esters is 1. The molecule has 0 spiro atoms. The fraction of sp³-hybridized carbons (Fsp3) is 0.333. The molecule has 1 aliphatic carbocycles. The summed E-state index contributed by atoms with van der Waals surface area (Å²) in [4.78, 5) is 43.2. The Hall–Kier alpha value is -2.84. The first-order valence-corrected chi connectivity index (χ1v) is 5.88. The Bertz CT molecular complexity index is 625. The van der Waals surface area contributed by atoms with Crippen molar-refractivity contribution in [2.45, 2.75) is 12.0 Å². The molecule has 1 aliphatic rings. The van der Waals surface area contributed by atoms with Gasteiger partial charge in [-0.05, 0) is 5.56 Å². The maximum Gasteiger partial charge on any atom is 0.374 e. The van der Waals surface area contributed by atoms with Crippen LogP contribution in [0.4, 0.5) is 5.69 Å². The number of nitro groups is 2. The number of ketones is 1. The molecule has 0 bridgehead atoms. The van der Waals surface area contributed by atoms with Gasteiger partial charge in [0.25, 0.3) is 11.5 Å². The van der Waals surface area contributed by atoms with Crippen molar-refractivity contribution in [2.75, 3.05) is 7.11 Å². The predicted octanol–water partition coefficient (Wildman–Crippen LogP) is 0.696. The first kappa shape index (κ1) is 14.6. The highest BCUT2D eigenvalue weighted by molar-refractivity contribution is 6.35. The van der Waals surface area contributed by atoms with Crippen LogP contribution in [0.25, 0.3) is 0 Å². The number of methoxy groups -OCH3 is 1. The molecule has 1 aromatic carbocycles. The summed E-state index contributed by atoms with van der Waals surface area (Å²) in [6, 6.07) is 3.89.